The lowest BCUT2D eigenvalue weighted by molar-refractivity contribution is -0.139. The summed E-state index contributed by atoms with van der Waals surface area (Å²) < 4.78 is 22.4. The van der Waals surface area contributed by atoms with Crippen molar-refractivity contribution in [1.29, 1.82) is 0 Å². The standard InChI is InChI=1S/C20H24O5/c1-4-22-19(21)17(12-25-20-14(3)13(2)11-24-20)15-9-10-23-18-8-6-5-7-16(15)18/h5-8,12,15,20H,4,9-11H2,1-3H3/b17-12+. The average molecular weight is 344 g/mol. The molecule has 3 rings (SSSR count). The van der Waals surface area contributed by atoms with Crippen molar-refractivity contribution in [3.05, 3.63) is 52.8 Å². The van der Waals surface area contributed by atoms with Crippen LogP contribution in [0.25, 0.3) is 0 Å². The van der Waals surface area contributed by atoms with Gasteiger partial charge in [0.25, 0.3) is 0 Å². The van der Waals surface area contributed by atoms with Crippen LogP contribution in [0.4, 0.5) is 0 Å². The number of rotatable bonds is 5. The normalized spacial score (nSPS) is 23.1. The molecule has 0 saturated carbocycles. The van der Waals surface area contributed by atoms with Gasteiger partial charge in [-0.1, -0.05) is 18.2 Å². The fraction of sp³-hybridized carbons (Fsp3) is 0.450. The van der Waals surface area contributed by atoms with Gasteiger partial charge in [0.05, 0.1) is 31.7 Å². The molecule has 2 atom stereocenters. The molecule has 2 aliphatic heterocycles. The van der Waals surface area contributed by atoms with E-state index in [1.54, 1.807) is 6.92 Å². The first-order chi connectivity index (χ1) is 12.1. The van der Waals surface area contributed by atoms with E-state index in [1.807, 2.05) is 38.1 Å². The number of esters is 1. The molecule has 0 fully saturated rings. The lowest BCUT2D eigenvalue weighted by atomic mass is 9.87. The van der Waals surface area contributed by atoms with E-state index < -0.39 is 6.29 Å². The van der Waals surface area contributed by atoms with Crippen molar-refractivity contribution in [3.63, 3.8) is 0 Å². The summed E-state index contributed by atoms with van der Waals surface area (Å²) in [5, 5.41) is 0. The van der Waals surface area contributed by atoms with Crippen LogP contribution in [0.5, 0.6) is 5.75 Å². The summed E-state index contributed by atoms with van der Waals surface area (Å²) in [5.41, 5.74) is 3.69. The molecule has 1 aromatic carbocycles. The van der Waals surface area contributed by atoms with Crippen LogP contribution < -0.4 is 4.74 Å². The highest BCUT2D eigenvalue weighted by Crippen LogP contribution is 2.38. The molecule has 5 nitrogen and oxygen atoms in total. The van der Waals surface area contributed by atoms with Crippen molar-refractivity contribution in [2.75, 3.05) is 19.8 Å². The van der Waals surface area contributed by atoms with Crippen LogP contribution in [0.2, 0.25) is 0 Å². The number of hydrogen-bond donors (Lipinski definition) is 0. The first-order valence-electron chi connectivity index (χ1n) is 8.64. The van der Waals surface area contributed by atoms with E-state index in [9.17, 15) is 4.79 Å². The molecule has 0 spiro atoms. The van der Waals surface area contributed by atoms with Gasteiger partial charge in [-0.15, -0.1) is 0 Å². The van der Waals surface area contributed by atoms with Crippen molar-refractivity contribution >= 4 is 5.97 Å². The molecule has 0 aromatic heterocycles. The number of hydrogen-bond acceptors (Lipinski definition) is 5. The SMILES string of the molecule is CCOC(=O)/C(=C/OC1OCC(C)=C1C)C1CCOc2ccccc21. The zero-order valence-corrected chi connectivity index (χ0v) is 14.9. The first kappa shape index (κ1) is 17.5. The average Bonchev–Trinajstić information content (AvgIpc) is 2.94. The zero-order valence-electron chi connectivity index (χ0n) is 14.9. The number of carbonyl (C=O) groups is 1. The van der Waals surface area contributed by atoms with Crippen LogP contribution in [0.3, 0.4) is 0 Å². The Morgan fingerprint density at radius 3 is 2.84 bits per heavy atom. The Balaban J connectivity index is 1.88. The third kappa shape index (κ3) is 3.71. The van der Waals surface area contributed by atoms with Crippen molar-refractivity contribution < 1.29 is 23.7 Å². The van der Waals surface area contributed by atoms with Gasteiger partial charge in [-0.3, -0.25) is 0 Å². The fourth-order valence-electron chi connectivity index (χ4n) is 3.07. The van der Waals surface area contributed by atoms with Gasteiger partial charge in [0.2, 0.25) is 6.29 Å². The summed E-state index contributed by atoms with van der Waals surface area (Å²) in [4.78, 5) is 12.5. The Hall–Kier alpha value is -2.27. The zero-order chi connectivity index (χ0) is 17.8. The van der Waals surface area contributed by atoms with Gasteiger partial charge in [0.15, 0.2) is 0 Å². The molecular weight excluding hydrogens is 320 g/mol. The van der Waals surface area contributed by atoms with Gasteiger partial charge in [-0.25, -0.2) is 4.79 Å². The number of carbonyl (C=O) groups excluding carboxylic acids is 1. The minimum absolute atomic E-state index is 0.115. The highest BCUT2D eigenvalue weighted by molar-refractivity contribution is 5.90. The molecule has 0 bridgehead atoms. The van der Waals surface area contributed by atoms with Crippen LogP contribution >= 0.6 is 0 Å². The predicted octanol–water partition coefficient (Wildman–Crippen LogP) is 3.71. The van der Waals surface area contributed by atoms with Crippen molar-refractivity contribution in [2.24, 2.45) is 0 Å². The molecule has 1 aromatic rings. The first-order valence-corrected chi connectivity index (χ1v) is 8.64. The van der Waals surface area contributed by atoms with Crippen molar-refractivity contribution in [3.8, 4) is 5.75 Å². The molecule has 25 heavy (non-hydrogen) atoms. The quantitative estimate of drug-likeness (QED) is 0.353. The Kier molecular flexibility index (Phi) is 5.43. The van der Waals surface area contributed by atoms with Crippen LogP contribution in [0, 0.1) is 0 Å². The highest BCUT2D eigenvalue weighted by Gasteiger charge is 2.30. The van der Waals surface area contributed by atoms with E-state index in [0.29, 0.717) is 31.8 Å². The minimum atomic E-state index is -0.445. The van der Waals surface area contributed by atoms with Gasteiger partial charge in [0.1, 0.15) is 5.75 Å². The van der Waals surface area contributed by atoms with E-state index in [4.69, 9.17) is 18.9 Å². The van der Waals surface area contributed by atoms with Crippen molar-refractivity contribution in [1.82, 2.24) is 0 Å². The van der Waals surface area contributed by atoms with Gasteiger partial charge >= 0.3 is 5.97 Å². The summed E-state index contributed by atoms with van der Waals surface area (Å²) in [6.45, 7) is 7.22. The number of para-hydroxylation sites is 1. The van der Waals surface area contributed by atoms with Gasteiger partial charge < -0.3 is 18.9 Å². The Labute approximate surface area is 148 Å². The molecule has 2 unspecified atom stereocenters. The topological polar surface area (TPSA) is 54.0 Å². The maximum Gasteiger partial charge on any atom is 0.337 e. The molecular formula is C20H24O5. The Morgan fingerprint density at radius 2 is 2.12 bits per heavy atom. The molecule has 0 radical (unpaired) electrons. The van der Waals surface area contributed by atoms with Gasteiger partial charge in [-0.05, 0) is 44.4 Å². The highest BCUT2D eigenvalue weighted by atomic mass is 16.7. The monoisotopic (exact) mass is 344 g/mol. The maximum atomic E-state index is 12.5. The van der Waals surface area contributed by atoms with E-state index >= 15 is 0 Å². The van der Waals surface area contributed by atoms with Crippen LogP contribution in [-0.4, -0.2) is 32.1 Å². The molecule has 5 heteroatoms. The summed E-state index contributed by atoms with van der Waals surface area (Å²) in [6.07, 6.45) is 1.77. The summed E-state index contributed by atoms with van der Waals surface area (Å²) in [5.74, 6) is 0.328. The van der Waals surface area contributed by atoms with E-state index in [0.717, 1.165) is 22.5 Å². The molecule has 2 heterocycles. The molecule has 134 valence electrons. The lowest BCUT2D eigenvalue weighted by Crippen LogP contribution is -2.22. The van der Waals surface area contributed by atoms with Crippen LogP contribution in [0.15, 0.2) is 47.2 Å². The Morgan fingerprint density at radius 1 is 1.32 bits per heavy atom. The van der Waals surface area contributed by atoms with Gasteiger partial charge in [-0.2, -0.15) is 0 Å². The second kappa shape index (κ2) is 7.74. The number of fused-ring (bicyclic) bond motifs is 1. The smallest absolute Gasteiger partial charge is 0.337 e. The Bertz CT molecular complexity index is 704. The number of benzene rings is 1. The predicted molar refractivity (Wildman–Crippen MR) is 93.2 cm³/mol. The van der Waals surface area contributed by atoms with E-state index in [-0.39, 0.29) is 11.9 Å². The molecule has 0 N–H and O–H groups in total. The second-order valence-electron chi connectivity index (χ2n) is 6.26. The molecule has 0 amide bonds. The number of ether oxygens (including phenoxy) is 4. The summed E-state index contributed by atoms with van der Waals surface area (Å²) in [6, 6.07) is 7.77. The van der Waals surface area contributed by atoms with Crippen LogP contribution in [-0.2, 0) is 19.0 Å². The maximum absolute atomic E-state index is 12.5. The lowest BCUT2D eigenvalue weighted by Gasteiger charge is -2.27. The van der Waals surface area contributed by atoms with E-state index in [2.05, 4.69) is 0 Å². The second-order valence-corrected chi connectivity index (χ2v) is 6.26. The van der Waals surface area contributed by atoms with Crippen molar-refractivity contribution in [2.45, 2.75) is 39.4 Å². The van der Waals surface area contributed by atoms with E-state index in [1.165, 1.54) is 6.26 Å². The molecule has 0 aliphatic carbocycles. The molecule has 0 saturated heterocycles. The summed E-state index contributed by atoms with van der Waals surface area (Å²) >= 11 is 0. The fourth-order valence-corrected chi connectivity index (χ4v) is 3.07. The molecule has 2 aliphatic rings. The third-order valence-electron chi connectivity index (χ3n) is 4.64. The third-order valence-corrected chi connectivity index (χ3v) is 4.64. The summed E-state index contributed by atoms with van der Waals surface area (Å²) in [7, 11) is 0. The largest absolute Gasteiger partial charge is 0.493 e. The minimum Gasteiger partial charge on any atom is -0.493 e. The van der Waals surface area contributed by atoms with Gasteiger partial charge in [0, 0.05) is 11.5 Å². The van der Waals surface area contributed by atoms with Crippen LogP contribution in [0.1, 0.15) is 38.7 Å².